The first-order valence-electron chi connectivity index (χ1n) is 5.11. The molecule has 1 aliphatic rings. The number of hydrogen-bond acceptors (Lipinski definition) is 5. The average Bonchev–Trinajstić information content (AvgIpc) is 2.31. The first-order chi connectivity index (χ1) is 7.70. The Kier molecular flexibility index (Phi) is 3.28. The van der Waals surface area contributed by atoms with Gasteiger partial charge in [-0.25, -0.2) is 0 Å². The largest absolute Gasteiger partial charge is 0.481 e. The normalized spacial score (nSPS) is 17.4. The zero-order chi connectivity index (χ0) is 11.5. The van der Waals surface area contributed by atoms with E-state index >= 15 is 0 Å². The molecule has 2 N–H and O–H groups in total. The molecule has 1 saturated heterocycles. The average molecular weight is 241 g/mol. The first-order valence-corrected chi connectivity index (χ1v) is 6.60. The van der Waals surface area contributed by atoms with Gasteiger partial charge in [0, 0.05) is 41.5 Å². The lowest BCUT2D eigenvalue weighted by Gasteiger charge is -2.28. The summed E-state index contributed by atoms with van der Waals surface area (Å²) in [7, 11) is 0.887. The molecule has 2 heterocycles. The summed E-state index contributed by atoms with van der Waals surface area (Å²) < 4.78 is 16.3. The fourth-order valence-electron chi connectivity index (χ4n) is 1.66. The fraction of sp³-hybridized carbons (Fsp3) is 0.500. The van der Waals surface area contributed by atoms with Crippen molar-refractivity contribution in [2.24, 2.45) is 0 Å². The van der Waals surface area contributed by atoms with E-state index in [1.807, 2.05) is 0 Å². The molecule has 0 unspecified atom stereocenters. The summed E-state index contributed by atoms with van der Waals surface area (Å²) in [6.07, 6.45) is 0. The molecule has 0 aliphatic carbocycles. The van der Waals surface area contributed by atoms with Gasteiger partial charge in [-0.3, -0.25) is 4.21 Å². The Morgan fingerprint density at radius 2 is 2.12 bits per heavy atom. The number of rotatable bonds is 2. The van der Waals surface area contributed by atoms with Crippen LogP contribution < -0.4 is 15.4 Å². The van der Waals surface area contributed by atoms with E-state index in [-0.39, 0.29) is 0 Å². The molecule has 1 aromatic heterocycles. The Morgan fingerprint density at radius 1 is 1.44 bits per heavy atom. The zero-order valence-corrected chi connectivity index (χ0v) is 10.00. The molecule has 0 amide bonds. The van der Waals surface area contributed by atoms with Crippen LogP contribution in [0.1, 0.15) is 0 Å². The summed E-state index contributed by atoms with van der Waals surface area (Å²) in [4.78, 5) is 6.37. The van der Waals surface area contributed by atoms with Crippen molar-refractivity contribution >= 4 is 22.3 Å². The van der Waals surface area contributed by atoms with E-state index in [0.29, 0.717) is 23.1 Å². The van der Waals surface area contributed by atoms with E-state index in [1.54, 1.807) is 19.2 Å². The molecule has 1 aliphatic heterocycles. The maximum atomic E-state index is 11.3. The second-order valence-electron chi connectivity index (χ2n) is 3.60. The number of nitrogens with zero attached hydrogens (tertiary/aromatic N) is 2. The third-order valence-electron chi connectivity index (χ3n) is 2.57. The van der Waals surface area contributed by atoms with Gasteiger partial charge in [-0.05, 0) is 6.07 Å². The van der Waals surface area contributed by atoms with Gasteiger partial charge in [0.25, 0.3) is 0 Å². The molecule has 5 nitrogen and oxygen atoms in total. The molecule has 16 heavy (non-hydrogen) atoms. The molecule has 1 fully saturated rings. The van der Waals surface area contributed by atoms with Gasteiger partial charge < -0.3 is 15.4 Å². The van der Waals surface area contributed by atoms with Gasteiger partial charge in [0.2, 0.25) is 5.88 Å². The molecular weight excluding hydrogens is 226 g/mol. The SMILES string of the molecule is COc1ccc(N)c(N2CCS(=O)CC2)n1. The smallest absolute Gasteiger partial charge is 0.215 e. The van der Waals surface area contributed by atoms with Crippen LogP contribution >= 0.6 is 0 Å². The predicted octanol–water partition coefficient (Wildman–Crippen LogP) is 0.241. The Hall–Kier alpha value is -1.30. The van der Waals surface area contributed by atoms with Crippen molar-refractivity contribution in [2.45, 2.75) is 0 Å². The van der Waals surface area contributed by atoms with Crippen molar-refractivity contribution in [1.82, 2.24) is 4.98 Å². The molecular formula is C10H15N3O2S. The predicted molar refractivity (Wildman–Crippen MR) is 65.3 cm³/mol. The van der Waals surface area contributed by atoms with Crippen molar-refractivity contribution in [2.75, 3.05) is 42.3 Å². The van der Waals surface area contributed by atoms with Crippen LogP contribution in [0, 0.1) is 0 Å². The molecule has 6 heteroatoms. The molecule has 2 rings (SSSR count). The lowest BCUT2D eigenvalue weighted by atomic mass is 10.3. The van der Waals surface area contributed by atoms with E-state index < -0.39 is 10.8 Å². The Morgan fingerprint density at radius 3 is 2.75 bits per heavy atom. The number of methoxy groups -OCH3 is 1. The van der Waals surface area contributed by atoms with Gasteiger partial charge in [0.1, 0.15) is 0 Å². The monoisotopic (exact) mass is 241 g/mol. The van der Waals surface area contributed by atoms with Crippen molar-refractivity contribution in [3.63, 3.8) is 0 Å². The lowest BCUT2D eigenvalue weighted by molar-refractivity contribution is 0.398. The molecule has 0 bridgehead atoms. The highest BCUT2D eigenvalue weighted by molar-refractivity contribution is 7.85. The van der Waals surface area contributed by atoms with E-state index in [2.05, 4.69) is 9.88 Å². The summed E-state index contributed by atoms with van der Waals surface area (Å²) in [5, 5.41) is 0. The summed E-state index contributed by atoms with van der Waals surface area (Å²) in [5.41, 5.74) is 6.51. The minimum atomic E-state index is -0.690. The third kappa shape index (κ3) is 2.27. The summed E-state index contributed by atoms with van der Waals surface area (Å²) >= 11 is 0. The highest BCUT2D eigenvalue weighted by Gasteiger charge is 2.18. The summed E-state index contributed by atoms with van der Waals surface area (Å²) in [6.45, 7) is 1.47. The second-order valence-corrected chi connectivity index (χ2v) is 5.30. The lowest BCUT2D eigenvalue weighted by Crippen LogP contribution is -2.38. The minimum absolute atomic E-state index is 0.552. The highest BCUT2D eigenvalue weighted by atomic mass is 32.2. The second kappa shape index (κ2) is 4.69. The first kappa shape index (κ1) is 11.2. The van der Waals surface area contributed by atoms with Gasteiger partial charge >= 0.3 is 0 Å². The number of ether oxygens (including phenoxy) is 1. The van der Waals surface area contributed by atoms with E-state index in [4.69, 9.17) is 10.5 Å². The van der Waals surface area contributed by atoms with Crippen molar-refractivity contribution < 1.29 is 8.95 Å². The minimum Gasteiger partial charge on any atom is -0.481 e. The maximum absolute atomic E-state index is 11.3. The van der Waals surface area contributed by atoms with Crippen LogP contribution in [0.4, 0.5) is 11.5 Å². The molecule has 0 spiro atoms. The number of anilines is 2. The number of pyridine rings is 1. The van der Waals surface area contributed by atoms with Crippen LogP contribution in [0.5, 0.6) is 5.88 Å². The van der Waals surface area contributed by atoms with Gasteiger partial charge in [0.05, 0.1) is 12.8 Å². The molecule has 0 radical (unpaired) electrons. The number of aromatic nitrogens is 1. The Labute approximate surface area is 97.1 Å². The van der Waals surface area contributed by atoms with Gasteiger partial charge in [-0.1, -0.05) is 0 Å². The van der Waals surface area contributed by atoms with Crippen LogP contribution in [0.2, 0.25) is 0 Å². The number of hydrogen-bond donors (Lipinski definition) is 1. The van der Waals surface area contributed by atoms with E-state index in [1.165, 1.54) is 0 Å². The third-order valence-corrected chi connectivity index (χ3v) is 3.84. The number of nitrogens with two attached hydrogens (primary N) is 1. The van der Waals surface area contributed by atoms with E-state index in [0.717, 1.165) is 18.9 Å². The molecule has 1 aromatic rings. The Bertz CT molecular complexity index is 401. The zero-order valence-electron chi connectivity index (χ0n) is 9.18. The van der Waals surface area contributed by atoms with Crippen LogP contribution in [-0.2, 0) is 10.8 Å². The van der Waals surface area contributed by atoms with Gasteiger partial charge in [-0.15, -0.1) is 0 Å². The Balaban J connectivity index is 2.22. The standard InChI is InChI=1S/C10H15N3O2S/c1-15-9-3-2-8(11)10(12-9)13-4-6-16(14)7-5-13/h2-3H,4-7,11H2,1H3. The van der Waals surface area contributed by atoms with Crippen LogP contribution in [0.3, 0.4) is 0 Å². The van der Waals surface area contributed by atoms with E-state index in [9.17, 15) is 4.21 Å². The quantitative estimate of drug-likeness (QED) is 0.803. The fourth-order valence-corrected chi connectivity index (χ4v) is 2.71. The van der Waals surface area contributed by atoms with Crippen LogP contribution in [0.15, 0.2) is 12.1 Å². The topological polar surface area (TPSA) is 68.5 Å². The van der Waals surface area contributed by atoms with Crippen LogP contribution in [-0.4, -0.2) is 40.9 Å². The molecule has 0 aromatic carbocycles. The molecule has 0 atom stereocenters. The number of nitrogen functional groups attached to an aromatic ring is 1. The van der Waals surface area contributed by atoms with Gasteiger partial charge in [0.15, 0.2) is 5.82 Å². The van der Waals surface area contributed by atoms with Crippen LogP contribution in [0.25, 0.3) is 0 Å². The highest BCUT2D eigenvalue weighted by Crippen LogP contribution is 2.24. The summed E-state index contributed by atoms with van der Waals surface area (Å²) in [6, 6.07) is 3.52. The molecule has 88 valence electrons. The summed E-state index contributed by atoms with van der Waals surface area (Å²) in [5.74, 6) is 2.64. The van der Waals surface area contributed by atoms with Gasteiger partial charge in [-0.2, -0.15) is 4.98 Å². The van der Waals surface area contributed by atoms with Crippen molar-refractivity contribution in [3.05, 3.63) is 12.1 Å². The van der Waals surface area contributed by atoms with Crippen molar-refractivity contribution in [3.8, 4) is 5.88 Å². The van der Waals surface area contributed by atoms with Crippen molar-refractivity contribution in [1.29, 1.82) is 0 Å². The maximum Gasteiger partial charge on any atom is 0.215 e. The molecule has 0 saturated carbocycles.